The molecule has 128 valence electrons. The Morgan fingerprint density at radius 1 is 1.25 bits per heavy atom. The average Bonchev–Trinajstić information content (AvgIpc) is 2.55. The molecule has 2 heterocycles. The van der Waals surface area contributed by atoms with Crippen LogP contribution in [0.15, 0.2) is 42.9 Å². The van der Waals surface area contributed by atoms with Crippen molar-refractivity contribution in [2.75, 3.05) is 18.4 Å². The maximum Gasteiger partial charge on any atom is 0.0806 e. The van der Waals surface area contributed by atoms with Gasteiger partial charge in [0.15, 0.2) is 0 Å². The molecule has 1 N–H and O–H groups in total. The molecule has 3 atom stereocenters. The van der Waals surface area contributed by atoms with E-state index in [4.69, 9.17) is 4.74 Å². The summed E-state index contributed by atoms with van der Waals surface area (Å²) in [7, 11) is 0. The number of nitrogens with zero attached hydrogens (tertiary/aromatic N) is 3. The van der Waals surface area contributed by atoms with Crippen LogP contribution in [0.2, 0.25) is 0 Å². The lowest BCUT2D eigenvalue weighted by Gasteiger charge is -2.35. The van der Waals surface area contributed by atoms with E-state index in [0.717, 1.165) is 31.0 Å². The van der Waals surface area contributed by atoms with Crippen LogP contribution in [0, 0.1) is 0 Å². The molecule has 0 saturated carbocycles. The predicted molar refractivity (Wildman–Crippen MR) is 95.8 cm³/mol. The Hall–Kier alpha value is -1.98. The van der Waals surface area contributed by atoms with Crippen molar-refractivity contribution in [3.63, 3.8) is 0 Å². The third kappa shape index (κ3) is 4.52. The first-order valence-corrected chi connectivity index (χ1v) is 8.59. The Balaban J connectivity index is 1.64. The van der Waals surface area contributed by atoms with E-state index < -0.39 is 0 Å². The highest BCUT2D eigenvalue weighted by Crippen LogP contribution is 2.20. The molecule has 0 bridgehead atoms. The Labute approximate surface area is 144 Å². The lowest BCUT2D eigenvalue weighted by molar-refractivity contribution is -0.0704. The lowest BCUT2D eigenvalue weighted by Crippen LogP contribution is -2.44. The number of rotatable bonds is 5. The second-order valence-corrected chi connectivity index (χ2v) is 6.65. The Bertz CT molecular complexity index is 639. The Morgan fingerprint density at radius 2 is 2.04 bits per heavy atom. The van der Waals surface area contributed by atoms with Gasteiger partial charge in [-0.15, -0.1) is 0 Å². The zero-order chi connectivity index (χ0) is 16.9. The van der Waals surface area contributed by atoms with Crippen LogP contribution in [0.1, 0.15) is 38.1 Å². The molecular formula is C19H26N4O. The highest BCUT2D eigenvalue weighted by atomic mass is 16.5. The van der Waals surface area contributed by atoms with Gasteiger partial charge in [-0.3, -0.25) is 14.9 Å². The van der Waals surface area contributed by atoms with Gasteiger partial charge in [-0.1, -0.05) is 12.1 Å². The maximum atomic E-state index is 5.81. The van der Waals surface area contributed by atoms with Crippen molar-refractivity contribution >= 4 is 5.69 Å². The first-order valence-electron chi connectivity index (χ1n) is 8.59. The van der Waals surface area contributed by atoms with Crippen LogP contribution < -0.4 is 5.32 Å². The van der Waals surface area contributed by atoms with E-state index in [1.54, 1.807) is 18.6 Å². The standard InChI is InChI=1S/C19H26N4O/c1-14-11-23(12-15(2)24-14)13-17-5-4-6-18(9-17)22-16(3)19-10-20-7-8-21-19/h4-10,14-16,22H,11-13H2,1-3H3/t14-,15+,16-/m0/s1. The molecule has 0 aliphatic carbocycles. The molecule has 0 amide bonds. The Morgan fingerprint density at radius 3 is 2.75 bits per heavy atom. The van der Waals surface area contributed by atoms with Crippen LogP contribution in [0.4, 0.5) is 5.69 Å². The summed E-state index contributed by atoms with van der Waals surface area (Å²) in [6, 6.07) is 8.73. The van der Waals surface area contributed by atoms with Crippen LogP contribution in [0.3, 0.4) is 0 Å². The SMILES string of the molecule is C[C@@H]1CN(Cc2cccc(N[C@@H](C)c3cnccn3)c2)C[C@H](C)O1. The molecule has 3 rings (SSSR count). The molecule has 1 aromatic carbocycles. The highest BCUT2D eigenvalue weighted by molar-refractivity contribution is 5.47. The first-order chi connectivity index (χ1) is 11.6. The van der Waals surface area contributed by atoms with E-state index in [1.165, 1.54) is 5.56 Å². The summed E-state index contributed by atoms with van der Waals surface area (Å²) in [6.45, 7) is 9.30. The Kier molecular flexibility index (Phi) is 5.43. The zero-order valence-corrected chi connectivity index (χ0v) is 14.6. The van der Waals surface area contributed by atoms with Crippen LogP contribution in [-0.4, -0.2) is 40.2 Å². The predicted octanol–water partition coefficient (Wildman–Crippen LogP) is 3.26. The van der Waals surface area contributed by atoms with Crippen molar-refractivity contribution in [2.45, 2.75) is 45.6 Å². The van der Waals surface area contributed by atoms with Gasteiger partial charge in [-0.05, 0) is 38.5 Å². The fourth-order valence-corrected chi connectivity index (χ4v) is 3.29. The molecule has 0 unspecified atom stereocenters. The molecule has 1 saturated heterocycles. The largest absolute Gasteiger partial charge is 0.377 e. The van der Waals surface area contributed by atoms with Gasteiger partial charge in [0, 0.05) is 37.7 Å². The normalized spacial score (nSPS) is 23.0. The summed E-state index contributed by atoms with van der Waals surface area (Å²) in [5, 5.41) is 3.51. The maximum absolute atomic E-state index is 5.81. The van der Waals surface area contributed by atoms with Crippen molar-refractivity contribution in [3.05, 3.63) is 54.1 Å². The van der Waals surface area contributed by atoms with Gasteiger partial charge in [0.2, 0.25) is 0 Å². The molecule has 1 aromatic heterocycles. The summed E-state index contributed by atoms with van der Waals surface area (Å²) < 4.78 is 5.81. The van der Waals surface area contributed by atoms with Crippen molar-refractivity contribution in [3.8, 4) is 0 Å². The number of hydrogen-bond donors (Lipinski definition) is 1. The zero-order valence-electron chi connectivity index (χ0n) is 14.6. The summed E-state index contributed by atoms with van der Waals surface area (Å²) in [5.74, 6) is 0. The van der Waals surface area contributed by atoms with E-state index in [-0.39, 0.29) is 6.04 Å². The number of ether oxygens (including phenoxy) is 1. The lowest BCUT2D eigenvalue weighted by atomic mass is 10.1. The van der Waals surface area contributed by atoms with Gasteiger partial charge < -0.3 is 10.1 Å². The average molecular weight is 326 g/mol. The summed E-state index contributed by atoms with van der Waals surface area (Å²) in [4.78, 5) is 11.0. The molecule has 5 heteroatoms. The number of hydrogen-bond acceptors (Lipinski definition) is 5. The minimum atomic E-state index is 0.123. The minimum Gasteiger partial charge on any atom is -0.377 e. The molecular weight excluding hydrogens is 300 g/mol. The van der Waals surface area contributed by atoms with Gasteiger partial charge in [-0.2, -0.15) is 0 Å². The van der Waals surface area contributed by atoms with Crippen LogP contribution in [0.5, 0.6) is 0 Å². The topological polar surface area (TPSA) is 50.3 Å². The molecule has 1 fully saturated rings. The third-order valence-corrected chi connectivity index (χ3v) is 4.24. The molecule has 1 aliphatic rings. The van der Waals surface area contributed by atoms with Gasteiger partial charge in [-0.25, -0.2) is 0 Å². The monoisotopic (exact) mass is 326 g/mol. The second kappa shape index (κ2) is 7.73. The highest BCUT2D eigenvalue weighted by Gasteiger charge is 2.22. The van der Waals surface area contributed by atoms with Crippen LogP contribution in [0.25, 0.3) is 0 Å². The van der Waals surface area contributed by atoms with E-state index in [1.807, 2.05) is 0 Å². The third-order valence-electron chi connectivity index (χ3n) is 4.24. The number of anilines is 1. The molecule has 24 heavy (non-hydrogen) atoms. The van der Waals surface area contributed by atoms with Gasteiger partial charge in [0.05, 0.1) is 30.1 Å². The summed E-state index contributed by atoms with van der Waals surface area (Å²) in [5.41, 5.74) is 3.37. The first kappa shape index (κ1) is 16.9. The number of benzene rings is 1. The quantitative estimate of drug-likeness (QED) is 0.914. The minimum absolute atomic E-state index is 0.123. The number of nitrogens with one attached hydrogen (secondary N) is 1. The van der Waals surface area contributed by atoms with Crippen molar-refractivity contribution in [2.24, 2.45) is 0 Å². The van der Waals surface area contributed by atoms with Gasteiger partial charge in [0.25, 0.3) is 0 Å². The van der Waals surface area contributed by atoms with E-state index in [0.29, 0.717) is 12.2 Å². The van der Waals surface area contributed by atoms with Gasteiger partial charge >= 0.3 is 0 Å². The fourth-order valence-electron chi connectivity index (χ4n) is 3.29. The van der Waals surface area contributed by atoms with Crippen LogP contribution in [-0.2, 0) is 11.3 Å². The van der Waals surface area contributed by atoms with Gasteiger partial charge in [0.1, 0.15) is 0 Å². The summed E-state index contributed by atoms with van der Waals surface area (Å²) >= 11 is 0. The number of aromatic nitrogens is 2. The molecule has 5 nitrogen and oxygen atoms in total. The van der Waals surface area contributed by atoms with Crippen molar-refractivity contribution in [1.29, 1.82) is 0 Å². The van der Waals surface area contributed by atoms with Crippen molar-refractivity contribution < 1.29 is 4.74 Å². The second-order valence-electron chi connectivity index (χ2n) is 6.65. The molecule has 2 aromatic rings. The van der Waals surface area contributed by atoms with E-state index >= 15 is 0 Å². The van der Waals surface area contributed by atoms with E-state index in [2.05, 4.69) is 65.2 Å². The smallest absolute Gasteiger partial charge is 0.0806 e. The van der Waals surface area contributed by atoms with E-state index in [9.17, 15) is 0 Å². The molecule has 0 spiro atoms. The van der Waals surface area contributed by atoms with Crippen molar-refractivity contribution in [1.82, 2.24) is 14.9 Å². The van der Waals surface area contributed by atoms with Crippen LogP contribution >= 0.6 is 0 Å². The number of morpholine rings is 1. The molecule has 1 aliphatic heterocycles. The summed E-state index contributed by atoms with van der Waals surface area (Å²) in [6.07, 6.45) is 5.82. The molecule has 0 radical (unpaired) electrons. The fraction of sp³-hybridized carbons (Fsp3) is 0.474.